The Hall–Kier alpha value is -1.95. The number of hydrogen-bond donors (Lipinski definition) is 4. The molecule has 0 aromatic heterocycles. The SMILES string of the molecule is NC(=O)NCCNC(=O)c1ccc(N)c(Cl)c1. The fourth-order valence-electron chi connectivity index (χ4n) is 1.13. The van der Waals surface area contributed by atoms with Crippen molar-refractivity contribution < 1.29 is 9.59 Å². The summed E-state index contributed by atoms with van der Waals surface area (Å²) in [4.78, 5) is 22.0. The smallest absolute Gasteiger partial charge is 0.312 e. The minimum absolute atomic E-state index is 0.268. The van der Waals surface area contributed by atoms with Crippen LogP contribution in [0.1, 0.15) is 10.4 Å². The highest BCUT2D eigenvalue weighted by Gasteiger charge is 2.06. The van der Waals surface area contributed by atoms with Crippen LogP contribution in [-0.2, 0) is 0 Å². The Kier molecular flexibility index (Phi) is 4.59. The summed E-state index contributed by atoms with van der Waals surface area (Å²) in [6.45, 7) is 0.549. The Morgan fingerprint density at radius 3 is 2.47 bits per heavy atom. The van der Waals surface area contributed by atoms with Crippen LogP contribution < -0.4 is 22.1 Å². The molecule has 0 bridgehead atoms. The van der Waals surface area contributed by atoms with Crippen molar-refractivity contribution >= 4 is 29.2 Å². The minimum Gasteiger partial charge on any atom is -0.398 e. The van der Waals surface area contributed by atoms with Crippen LogP contribution >= 0.6 is 11.6 Å². The molecule has 0 saturated heterocycles. The van der Waals surface area contributed by atoms with Crippen molar-refractivity contribution in [3.8, 4) is 0 Å². The summed E-state index contributed by atoms with van der Waals surface area (Å²) in [5.74, 6) is -0.293. The Bertz CT molecular complexity index is 436. The van der Waals surface area contributed by atoms with Crippen LogP contribution in [0.15, 0.2) is 18.2 Å². The van der Waals surface area contributed by atoms with Gasteiger partial charge < -0.3 is 22.1 Å². The van der Waals surface area contributed by atoms with Crippen LogP contribution in [0.25, 0.3) is 0 Å². The molecule has 0 radical (unpaired) electrons. The van der Waals surface area contributed by atoms with Gasteiger partial charge >= 0.3 is 6.03 Å². The Morgan fingerprint density at radius 2 is 1.88 bits per heavy atom. The van der Waals surface area contributed by atoms with E-state index >= 15 is 0 Å². The summed E-state index contributed by atoms with van der Waals surface area (Å²) in [5.41, 5.74) is 11.2. The number of urea groups is 1. The van der Waals surface area contributed by atoms with Gasteiger partial charge in [-0.15, -0.1) is 0 Å². The van der Waals surface area contributed by atoms with Gasteiger partial charge in [-0.3, -0.25) is 4.79 Å². The molecule has 1 aromatic carbocycles. The zero-order valence-electron chi connectivity index (χ0n) is 9.00. The molecule has 1 rings (SSSR count). The van der Waals surface area contributed by atoms with Gasteiger partial charge in [0, 0.05) is 18.7 Å². The number of carbonyl (C=O) groups excluding carboxylic acids is 2. The number of nitrogen functional groups attached to an aromatic ring is 1. The molecule has 1 aromatic rings. The molecule has 92 valence electrons. The average Bonchev–Trinajstić information content (AvgIpc) is 2.27. The van der Waals surface area contributed by atoms with Crippen molar-refractivity contribution in [1.29, 1.82) is 0 Å². The first-order valence-corrected chi connectivity index (χ1v) is 5.25. The molecule has 0 saturated carbocycles. The number of halogens is 1. The van der Waals surface area contributed by atoms with Gasteiger partial charge in [0.25, 0.3) is 5.91 Å². The summed E-state index contributed by atoms with van der Waals surface area (Å²) >= 11 is 5.78. The van der Waals surface area contributed by atoms with Gasteiger partial charge in [0.2, 0.25) is 0 Å². The van der Waals surface area contributed by atoms with Gasteiger partial charge in [0.05, 0.1) is 10.7 Å². The molecule has 0 unspecified atom stereocenters. The van der Waals surface area contributed by atoms with Crippen LogP contribution in [0, 0.1) is 0 Å². The van der Waals surface area contributed by atoms with E-state index in [4.69, 9.17) is 23.1 Å². The number of nitrogens with two attached hydrogens (primary N) is 2. The Morgan fingerprint density at radius 1 is 1.24 bits per heavy atom. The maximum absolute atomic E-state index is 11.6. The minimum atomic E-state index is -0.630. The standard InChI is InChI=1S/C10H13ClN4O2/c11-7-5-6(1-2-8(7)12)9(16)14-3-4-15-10(13)17/h1-2,5H,3-4,12H2,(H,14,16)(H3,13,15,17). The second kappa shape index (κ2) is 5.95. The maximum Gasteiger partial charge on any atom is 0.312 e. The normalized spacial score (nSPS) is 9.71. The lowest BCUT2D eigenvalue weighted by Crippen LogP contribution is -2.37. The number of amides is 3. The molecule has 0 aliphatic carbocycles. The first-order chi connectivity index (χ1) is 8.00. The summed E-state index contributed by atoms with van der Waals surface area (Å²) < 4.78 is 0. The molecular weight excluding hydrogens is 244 g/mol. The van der Waals surface area contributed by atoms with Crippen molar-refractivity contribution in [2.75, 3.05) is 18.8 Å². The van der Waals surface area contributed by atoms with E-state index in [0.29, 0.717) is 16.3 Å². The highest BCUT2D eigenvalue weighted by Crippen LogP contribution is 2.19. The molecule has 17 heavy (non-hydrogen) atoms. The second-order valence-corrected chi connectivity index (χ2v) is 3.69. The van der Waals surface area contributed by atoms with Gasteiger partial charge in [0.15, 0.2) is 0 Å². The zero-order chi connectivity index (χ0) is 12.8. The van der Waals surface area contributed by atoms with Crippen molar-refractivity contribution in [2.24, 2.45) is 5.73 Å². The number of hydrogen-bond acceptors (Lipinski definition) is 3. The summed E-state index contributed by atoms with van der Waals surface area (Å²) in [6, 6.07) is 3.97. The third kappa shape index (κ3) is 4.20. The number of benzene rings is 1. The van der Waals surface area contributed by atoms with E-state index in [-0.39, 0.29) is 19.0 Å². The van der Waals surface area contributed by atoms with E-state index in [9.17, 15) is 9.59 Å². The zero-order valence-corrected chi connectivity index (χ0v) is 9.75. The molecule has 0 heterocycles. The van der Waals surface area contributed by atoms with Crippen molar-refractivity contribution in [2.45, 2.75) is 0 Å². The number of anilines is 1. The molecule has 6 N–H and O–H groups in total. The molecule has 0 atom stereocenters. The number of nitrogens with one attached hydrogen (secondary N) is 2. The lowest BCUT2D eigenvalue weighted by molar-refractivity contribution is 0.0954. The van der Waals surface area contributed by atoms with E-state index in [1.54, 1.807) is 12.1 Å². The van der Waals surface area contributed by atoms with Crippen molar-refractivity contribution in [3.05, 3.63) is 28.8 Å². The van der Waals surface area contributed by atoms with Gasteiger partial charge in [-0.25, -0.2) is 4.79 Å². The molecule has 0 spiro atoms. The maximum atomic E-state index is 11.6. The van der Waals surface area contributed by atoms with E-state index in [1.165, 1.54) is 6.07 Å². The van der Waals surface area contributed by atoms with Crippen LogP contribution in [0.4, 0.5) is 10.5 Å². The Balaban J connectivity index is 2.47. The Labute approximate surface area is 103 Å². The van der Waals surface area contributed by atoms with Crippen LogP contribution in [0.5, 0.6) is 0 Å². The molecular formula is C10H13ClN4O2. The molecule has 0 aliphatic heterocycles. The fraction of sp³-hybridized carbons (Fsp3) is 0.200. The summed E-state index contributed by atoms with van der Waals surface area (Å²) in [5, 5.41) is 5.27. The molecule has 7 heteroatoms. The summed E-state index contributed by atoms with van der Waals surface area (Å²) in [6.07, 6.45) is 0. The average molecular weight is 257 g/mol. The van der Waals surface area contributed by atoms with E-state index < -0.39 is 6.03 Å². The monoisotopic (exact) mass is 256 g/mol. The number of carbonyl (C=O) groups is 2. The van der Waals surface area contributed by atoms with Crippen LogP contribution in [0.3, 0.4) is 0 Å². The number of primary amides is 1. The lowest BCUT2D eigenvalue weighted by atomic mass is 10.2. The topological polar surface area (TPSA) is 110 Å². The predicted molar refractivity (Wildman–Crippen MR) is 65.8 cm³/mol. The van der Waals surface area contributed by atoms with E-state index in [0.717, 1.165) is 0 Å². The van der Waals surface area contributed by atoms with Gasteiger partial charge in [-0.2, -0.15) is 0 Å². The lowest BCUT2D eigenvalue weighted by Gasteiger charge is -2.06. The molecule has 0 fully saturated rings. The van der Waals surface area contributed by atoms with Crippen molar-refractivity contribution in [1.82, 2.24) is 10.6 Å². The highest BCUT2D eigenvalue weighted by molar-refractivity contribution is 6.33. The third-order valence-corrected chi connectivity index (χ3v) is 2.30. The predicted octanol–water partition coefficient (Wildman–Crippen LogP) is 0.320. The quantitative estimate of drug-likeness (QED) is 0.460. The second-order valence-electron chi connectivity index (χ2n) is 3.28. The first kappa shape index (κ1) is 13.1. The van der Waals surface area contributed by atoms with Gasteiger partial charge in [-0.1, -0.05) is 11.6 Å². The van der Waals surface area contributed by atoms with Crippen LogP contribution in [0.2, 0.25) is 5.02 Å². The largest absolute Gasteiger partial charge is 0.398 e. The van der Waals surface area contributed by atoms with Gasteiger partial charge in [0.1, 0.15) is 0 Å². The molecule has 3 amide bonds. The molecule has 0 aliphatic rings. The number of rotatable bonds is 4. The van der Waals surface area contributed by atoms with Crippen molar-refractivity contribution in [3.63, 3.8) is 0 Å². The van der Waals surface area contributed by atoms with E-state index in [2.05, 4.69) is 10.6 Å². The third-order valence-electron chi connectivity index (χ3n) is 1.97. The summed E-state index contributed by atoms with van der Waals surface area (Å²) in [7, 11) is 0. The fourth-order valence-corrected chi connectivity index (χ4v) is 1.31. The molecule has 6 nitrogen and oxygen atoms in total. The highest BCUT2D eigenvalue weighted by atomic mass is 35.5. The van der Waals surface area contributed by atoms with Crippen LogP contribution in [-0.4, -0.2) is 25.0 Å². The first-order valence-electron chi connectivity index (χ1n) is 4.87. The van der Waals surface area contributed by atoms with Gasteiger partial charge in [-0.05, 0) is 18.2 Å². The van der Waals surface area contributed by atoms with E-state index in [1.807, 2.05) is 0 Å².